The molecule has 0 aliphatic carbocycles. The summed E-state index contributed by atoms with van der Waals surface area (Å²) in [6, 6.07) is 6.06. The average Bonchev–Trinajstić information content (AvgIpc) is 2.44. The molecular formula is C13H8Br2O4. The van der Waals surface area contributed by atoms with Crippen molar-refractivity contribution >= 4 is 54.4 Å². The molecule has 0 aliphatic heterocycles. The largest absolute Gasteiger partial charge is 0.422 e. The SMILES string of the molecule is O=C(CBr)c1ccc2ccc(=O)oc2c1C(=O)CBr. The van der Waals surface area contributed by atoms with Crippen LogP contribution < -0.4 is 5.63 Å². The Bertz CT molecular complexity index is 718. The minimum atomic E-state index is -0.556. The number of ketones is 2. The Kier molecular flexibility index (Phi) is 4.31. The Morgan fingerprint density at radius 1 is 1.00 bits per heavy atom. The van der Waals surface area contributed by atoms with Crippen molar-refractivity contribution in [2.75, 3.05) is 10.7 Å². The van der Waals surface area contributed by atoms with E-state index in [4.69, 9.17) is 4.42 Å². The van der Waals surface area contributed by atoms with Gasteiger partial charge in [-0.25, -0.2) is 4.79 Å². The Morgan fingerprint density at radius 2 is 1.63 bits per heavy atom. The molecule has 0 fully saturated rings. The van der Waals surface area contributed by atoms with Gasteiger partial charge in [-0.15, -0.1) is 0 Å². The van der Waals surface area contributed by atoms with E-state index in [1.165, 1.54) is 6.07 Å². The van der Waals surface area contributed by atoms with E-state index >= 15 is 0 Å². The monoisotopic (exact) mass is 386 g/mol. The van der Waals surface area contributed by atoms with Gasteiger partial charge in [0.1, 0.15) is 5.58 Å². The number of fused-ring (bicyclic) bond motifs is 1. The molecule has 0 bridgehead atoms. The van der Waals surface area contributed by atoms with Crippen molar-refractivity contribution in [3.8, 4) is 0 Å². The number of carbonyl (C=O) groups excluding carboxylic acids is 2. The van der Waals surface area contributed by atoms with Crippen LogP contribution in [0, 0.1) is 0 Å². The van der Waals surface area contributed by atoms with Crippen LogP contribution in [-0.2, 0) is 0 Å². The molecular weight excluding hydrogens is 380 g/mol. The predicted octanol–water partition coefficient (Wildman–Crippen LogP) is 2.95. The number of benzene rings is 1. The van der Waals surface area contributed by atoms with Crippen LogP contribution in [0.3, 0.4) is 0 Å². The van der Waals surface area contributed by atoms with Crippen molar-refractivity contribution in [3.05, 3.63) is 45.8 Å². The lowest BCUT2D eigenvalue weighted by molar-refractivity contribution is 0.0987. The fourth-order valence-electron chi connectivity index (χ4n) is 1.78. The molecule has 2 aromatic rings. The Labute approximate surface area is 125 Å². The Hall–Kier alpha value is -1.27. The number of hydrogen-bond donors (Lipinski definition) is 0. The molecule has 0 unspecified atom stereocenters. The highest BCUT2D eigenvalue weighted by Crippen LogP contribution is 2.23. The molecule has 0 saturated carbocycles. The molecule has 0 spiro atoms. The van der Waals surface area contributed by atoms with E-state index in [-0.39, 0.29) is 38.9 Å². The van der Waals surface area contributed by atoms with Crippen LogP contribution in [-0.4, -0.2) is 22.2 Å². The summed E-state index contributed by atoms with van der Waals surface area (Å²) >= 11 is 6.14. The lowest BCUT2D eigenvalue weighted by Gasteiger charge is -2.08. The summed E-state index contributed by atoms with van der Waals surface area (Å²) in [5, 5.41) is 0.751. The summed E-state index contributed by atoms with van der Waals surface area (Å²) in [6.07, 6.45) is 0. The van der Waals surface area contributed by atoms with Crippen LogP contribution >= 0.6 is 31.9 Å². The van der Waals surface area contributed by atoms with E-state index in [0.29, 0.717) is 5.39 Å². The van der Waals surface area contributed by atoms with Gasteiger partial charge in [0, 0.05) is 17.0 Å². The molecule has 1 aromatic heterocycles. The highest BCUT2D eigenvalue weighted by molar-refractivity contribution is 9.09. The highest BCUT2D eigenvalue weighted by Gasteiger charge is 2.20. The summed E-state index contributed by atoms with van der Waals surface area (Å²) in [6.45, 7) is 0. The molecule has 0 atom stereocenters. The van der Waals surface area contributed by atoms with Crippen LogP contribution in [0.4, 0.5) is 0 Å². The van der Waals surface area contributed by atoms with Gasteiger partial charge in [-0.2, -0.15) is 0 Å². The van der Waals surface area contributed by atoms with Crippen LogP contribution in [0.1, 0.15) is 20.7 Å². The van der Waals surface area contributed by atoms with Crippen molar-refractivity contribution < 1.29 is 14.0 Å². The first kappa shape index (κ1) is 14.1. The summed E-state index contributed by atoms with van der Waals surface area (Å²) in [5.74, 6) is -0.540. The number of Topliss-reactive ketones (excluding diaryl/α,β-unsaturated/α-hetero) is 2. The fraction of sp³-hybridized carbons (Fsp3) is 0.154. The maximum atomic E-state index is 12.0. The molecule has 1 heterocycles. The smallest absolute Gasteiger partial charge is 0.336 e. The van der Waals surface area contributed by atoms with Crippen LogP contribution in [0.15, 0.2) is 33.5 Å². The number of halogens is 2. The Balaban J connectivity index is 2.87. The average molecular weight is 388 g/mol. The first-order valence-corrected chi connectivity index (χ1v) is 7.58. The minimum Gasteiger partial charge on any atom is -0.422 e. The zero-order valence-electron chi connectivity index (χ0n) is 9.61. The van der Waals surface area contributed by atoms with E-state index in [9.17, 15) is 14.4 Å². The minimum absolute atomic E-state index is 0.0489. The van der Waals surface area contributed by atoms with Crippen LogP contribution in [0.25, 0.3) is 11.0 Å². The van der Waals surface area contributed by atoms with Crippen molar-refractivity contribution in [1.29, 1.82) is 0 Å². The van der Waals surface area contributed by atoms with Gasteiger partial charge in [-0.3, -0.25) is 9.59 Å². The van der Waals surface area contributed by atoms with Crippen LogP contribution in [0.2, 0.25) is 0 Å². The molecule has 6 heteroatoms. The topological polar surface area (TPSA) is 64.3 Å². The van der Waals surface area contributed by atoms with Gasteiger partial charge in [-0.05, 0) is 12.1 Å². The van der Waals surface area contributed by atoms with Gasteiger partial charge in [0.15, 0.2) is 11.6 Å². The Morgan fingerprint density at radius 3 is 2.26 bits per heavy atom. The molecule has 0 radical (unpaired) electrons. The third kappa shape index (κ3) is 2.69. The second-order valence-corrected chi connectivity index (χ2v) is 4.90. The van der Waals surface area contributed by atoms with E-state index in [1.807, 2.05) is 0 Å². The second-order valence-electron chi connectivity index (χ2n) is 3.77. The van der Waals surface area contributed by atoms with E-state index in [0.717, 1.165) is 0 Å². The van der Waals surface area contributed by atoms with Gasteiger partial charge in [0.2, 0.25) is 0 Å². The molecule has 2 rings (SSSR count). The van der Waals surface area contributed by atoms with E-state index in [1.54, 1.807) is 18.2 Å². The molecule has 4 nitrogen and oxygen atoms in total. The summed E-state index contributed by atoms with van der Waals surface area (Å²) < 4.78 is 5.09. The summed E-state index contributed by atoms with van der Waals surface area (Å²) in [4.78, 5) is 35.2. The van der Waals surface area contributed by atoms with Crippen molar-refractivity contribution in [2.24, 2.45) is 0 Å². The lowest BCUT2D eigenvalue weighted by atomic mass is 9.98. The summed E-state index contributed by atoms with van der Waals surface area (Å²) in [5.41, 5.74) is 0.00279. The van der Waals surface area contributed by atoms with Gasteiger partial charge >= 0.3 is 5.63 Å². The van der Waals surface area contributed by atoms with Gasteiger partial charge < -0.3 is 4.42 Å². The van der Waals surface area contributed by atoms with Crippen molar-refractivity contribution in [3.63, 3.8) is 0 Å². The lowest BCUT2D eigenvalue weighted by Crippen LogP contribution is -2.12. The third-order valence-corrected chi connectivity index (χ3v) is 3.63. The number of hydrogen-bond acceptors (Lipinski definition) is 4. The first-order valence-electron chi connectivity index (χ1n) is 5.33. The van der Waals surface area contributed by atoms with Crippen molar-refractivity contribution in [1.82, 2.24) is 0 Å². The third-order valence-electron chi connectivity index (χ3n) is 2.61. The first-order chi connectivity index (χ1) is 9.08. The zero-order valence-corrected chi connectivity index (χ0v) is 12.8. The van der Waals surface area contributed by atoms with E-state index < -0.39 is 5.63 Å². The maximum absolute atomic E-state index is 12.0. The van der Waals surface area contributed by atoms with Gasteiger partial charge in [0.25, 0.3) is 0 Å². The quantitative estimate of drug-likeness (QED) is 0.459. The standard InChI is InChI=1S/C13H8Br2O4/c14-5-9(16)8-3-1-7-2-4-11(18)19-13(7)12(8)10(17)6-15/h1-4H,5-6H2. The summed E-state index contributed by atoms with van der Waals surface area (Å²) in [7, 11) is 0. The van der Waals surface area contributed by atoms with Gasteiger partial charge in [0.05, 0.1) is 16.2 Å². The van der Waals surface area contributed by atoms with Gasteiger partial charge in [-0.1, -0.05) is 37.9 Å². The number of alkyl halides is 2. The number of rotatable bonds is 4. The van der Waals surface area contributed by atoms with Crippen molar-refractivity contribution in [2.45, 2.75) is 0 Å². The normalized spacial score (nSPS) is 10.6. The molecule has 19 heavy (non-hydrogen) atoms. The highest BCUT2D eigenvalue weighted by atomic mass is 79.9. The molecule has 0 aliphatic rings. The zero-order chi connectivity index (χ0) is 14.0. The molecule has 1 aromatic carbocycles. The molecule has 98 valence electrons. The fourth-order valence-corrected chi connectivity index (χ4v) is 2.36. The predicted molar refractivity (Wildman–Crippen MR) is 78.7 cm³/mol. The van der Waals surface area contributed by atoms with E-state index in [2.05, 4.69) is 31.9 Å². The second kappa shape index (κ2) is 5.79. The van der Waals surface area contributed by atoms with Crippen LogP contribution in [0.5, 0.6) is 0 Å². The molecule has 0 amide bonds. The maximum Gasteiger partial charge on any atom is 0.336 e. The molecule has 0 N–H and O–H groups in total. The number of carbonyl (C=O) groups is 2. The molecule has 0 saturated heterocycles.